The van der Waals surface area contributed by atoms with Crippen molar-refractivity contribution in [2.45, 2.75) is 46.7 Å². The molecule has 6 nitrogen and oxygen atoms in total. The topological polar surface area (TPSA) is 80.7 Å². The SMILES string of the molecule is CC(C)(C)[C@H]1C=C(C(=O)Nc2cccnc2)O[C@@H](OCc2ccc(CO)cc2)C1. The predicted molar refractivity (Wildman–Crippen MR) is 111 cm³/mol. The lowest BCUT2D eigenvalue weighted by Gasteiger charge is -2.35. The van der Waals surface area contributed by atoms with Crippen molar-refractivity contribution in [3.63, 3.8) is 0 Å². The van der Waals surface area contributed by atoms with Crippen molar-refractivity contribution in [2.24, 2.45) is 11.3 Å². The molecule has 0 spiro atoms. The van der Waals surface area contributed by atoms with Crippen LogP contribution in [-0.2, 0) is 27.5 Å². The summed E-state index contributed by atoms with van der Waals surface area (Å²) in [5.74, 6) is 0.0844. The van der Waals surface area contributed by atoms with Gasteiger partial charge in [-0.3, -0.25) is 9.78 Å². The van der Waals surface area contributed by atoms with E-state index >= 15 is 0 Å². The smallest absolute Gasteiger partial charge is 0.290 e. The molecule has 1 aliphatic rings. The Kier molecular flexibility index (Phi) is 6.67. The zero-order chi connectivity index (χ0) is 20.9. The molecule has 3 rings (SSSR count). The van der Waals surface area contributed by atoms with Gasteiger partial charge in [0.1, 0.15) is 0 Å². The maximum absolute atomic E-state index is 12.7. The van der Waals surface area contributed by atoms with E-state index in [1.54, 1.807) is 24.5 Å². The zero-order valence-electron chi connectivity index (χ0n) is 17.1. The van der Waals surface area contributed by atoms with Gasteiger partial charge in [-0.2, -0.15) is 0 Å². The normalized spacial score (nSPS) is 19.2. The maximum atomic E-state index is 12.7. The number of benzene rings is 1. The van der Waals surface area contributed by atoms with Crippen LogP contribution in [-0.4, -0.2) is 22.3 Å². The average Bonchev–Trinajstić information content (AvgIpc) is 2.72. The minimum atomic E-state index is -0.517. The fourth-order valence-corrected chi connectivity index (χ4v) is 3.08. The van der Waals surface area contributed by atoms with Crippen molar-refractivity contribution < 1.29 is 19.4 Å². The highest BCUT2D eigenvalue weighted by atomic mass is 16.7. The molecular weight excluding hydrogens is 368 g/mol. The Bertz CT molecular complexity index is 841. The van der Waals surface area contributed by atoms with Crippen LogP contribution in [0.3, 0.4) is 0 Å². The van der Waals surface area contributed by atoms with Crippen molar-refractivity contribution in [1.29, 1.82) is 0 Å². The molecule has 2 N–H and O–H groups in total. The Morgan fingerprint density at radius 2 is 1.97 bits per heavy atom. The van der Waals surface area contributed by atoms with E-state index in [-0.39, 0.29) is 29.6 Å². The summed E-state index contributed by atoms with van der Waals surface area (Å²) in [6, 6.07) is 11.1. The monoisotopic (exact) mass is 396 g/mol. The van der Waals surface area contributed by atoms with Crippen LogP contribution in [0.5, 0.6) is 0 Å². The van der Waals surface area contributed by atoms with Gasteiger partial charge in [0.05, 0.1) is 25.1 Å². The van der Waals surface area contributed by atoms with E-state index in [1.165, 1.54) is 0 Å². The summed E-state index contributed by atoms with van der Waals surface area (Å²) >= 11 is 0. The fourth-order valence-electron chi connectivity index (χ4n) is 3.08. The van der Waals surface area contributed by atoms with E-state index in [4.69, 9.17) is 14.6 Å². The van der Waals surface area contributed by atoms with E-state index in [0.717, 1.165) is 11.1 Å². The van der Waals surface area contributed by atoms with Crippen molar-refractivity contribution in [3.8, 4) is 0 Å². The summed E-state index contributed by atoms with van der Waals surface area (Å²) < 4.78 is 11.9. The molecule has 1 aliphatic heterocycles. The molecule has 2 aromatic rings. The molecule has 154 valence electrons. The lowest BCUT2D eigenvalue weighted by atomic mass is 9.77. The fraction of sp³-hybridized carbons (Fsp3) is 0.391. The summed E-state index contributed by atoms with van der Waals surface area (Å²) in [5.41, 5.74) is 2.41. The second-order valence-corrected chi connectivity index (χ2v) is 8.27. The van der Waals surface area contributed by atoms with Gasteiger partial charge >= 0.3 is 0 Å². The first-order chi connectivity index (χ1) is 13.8. The molecule has 0 bridgehead atoms. The van der Waals surface area contributed by atoms with Crippen LogP contribution in [0.2, 0.25) is 0 Å². The average molecular weight is 396 g/mol. The Morgan fingerprint density at radius 3 is 2.59 bits per heavy atom. The minimum Gasteiger partial charge on any atom is -0.459 e. The third-order valence-electron chi connectivity index (χ3n) is 4.95. The number of aromatic nitrogens is 1. The van der Waals surface area contributed by atoms with E-state index in [9.17, 15) is 4.79 Å². The van der Waals surface area contributed by atoms with Crippen molar-refractivity contribution >= 4 is 11.6 Å². The van der Waals surface area contributed by atoms with Crippen LogP contribution in [0.1, 0.15) is 38.3 Å². The Labute approximate surface area is 171 Å². The first-order valence-corrected chi connectivity index (χ1v) is 9.75. The van der Waals surface area contributed by atoms with Gasteiger partial charge in [-0.05, 0) is 40.7 Å². The lowest BCUT2D eigenvalue weighted by molar-refractivity contribution is -0.155. The van der Waals surface area contributed by atoms with E-state index in [1.807, 2.05) is 30.3 Å². The highest BCUT2D eigenvalue weighted by molar-refractivity contribution is 6.02. The van der Waals surface area contributed by atoms with Crippen molar-refractivity contribution in [1.82, 2.24) is 4.98 Å². The second-order valence-electron chi connectivity index (χ2n) is 8.27. The van der Waals surface area contributed by atoms with Gasteiger partial charge in [-0.15, -0.1) is 0 Å². The standard InChI is InChI=1S/C23H28N2O4/c1-23(2,3)18-11-20(22(27)25-19-5-4-10-24-13-19)29-21(12-18)28-15-17-8-6-16(14-26)7-9-17/h4-11,13,18,21,26H,12,14-15H2,1-3H3,(H,25,27)/t18-,21+/m0/s1. The Hall–Kier alpha value is -2.70. The largest absolute Gasteiger partial charge is 0.459 e. The Morgan fingerprint density at radius 1 is 1.24 bits per heavy atom. The molecule has 1 amide bonds. The first kappa shape index (κ1) is 21.0. The van der Waals surface area contributed by atoms with Gasteiger partial charge in [-0.25, -0.2) is 0 Å². The van der Waals surface area contributed by atoms with Gasteiger partial charge in [0.25, 0.3) is 5.91 Å². The van der Waals surface area contributed by atoms with Gasteiger partial charge in [0.15, 0.2) is 5.76 Å². The number of aliphatic hydroxyl groups excluding tert-OH is 1. The van der Waals surface area contributed by atoms with E-state index in [2.05, 4.69) is 31.1 Å². The number of nitrogens with zero attached hydrogens (tertiary/aromatic N) is 1. The number of carbonyl (C=O) groups is 1. The van der Waals surface area contributed by atoms with Gasteiger partial charge in [-0.1, -0.05) is 45.0 Å². The number of allylic oxidation sites excluding steroid dienone is 1. The molecule has 0 aliphatic carbocycles. The molecule has 1 aromatic heterocycles. The molecule has 0 radical (unpaired) electrons. The summed E-state index contributed by atoms with van der Waals surface area (Å²) in [6.45, 7) is 6.80. The number of hydrogen-bond acceptors (Lipinski definition) is 5. The number of aliphatic hydroxyl groups is 1. The molecule has 0 unspecified atom stereocenters. The third kappa shape index (κ3) is 5.89. The number of pyridine rings is 1. The number of amides is 1. The maximum Gasteiger partial charge on any atom is 0.290 e. The number of nitrogens with one attached hydrogen (secondary N) is 1. The van der Waals surface area contributed by atoms with Crippen LogP contribution in [0, 0.1) is 11.3 Å². The molecular formula is C23H28N2O4. The summed E-state index contributed by atoms with van der Waals surface area (Å²) in [7, 11) is 0. The van der Waals surface area contributed by atoms with E-state index < -0.39 is 6.29 Å². The molecule has 29 heavy (non-hydrogen) atoms. The summed E-state index contributed by atoms with van der Waals surface area (Å²) in [5, 5.41) is 12.0. The van der Waals surface area contributed by atoms with Gasteiger partial charge in [0, 0.05) is 12.6 Å². The predicted octanol–water partition coefficient (Wildman–Crippen LogP) is 4.02. The minimum absolute atomic E-state index is 0.0142. The van der Waals surface area contributed by atoms with Crippen LogP contribution in [0.15, 0.2) is 60.6 Å². The van der Waals surface area contributed by atoms with Gasteiger partial charge < -0.3 is 19.9 Å². The number of carbonyl (C=O) groups excluding carboxylic acids is 1. The molecule has 2 atom stereocenters. The third-order valence-corrected chi connectivity index (χ3v) is 4.95. The van der Waals surface area contributed by atoms with E-state index in [0.29, 0.717) is 18.7 Å². The molecule has 0 saturated carbocycles. The lowest BCUT2D eigenvalue weighted by Crippen LogP contribution is -2.34. The molecule has 0 fully saturated rings. The zero-order valence-corrected chi connectivity index (χ0v) is 17.1. The summed E-state index contributed by atoms with van der Waals surface area (Å²) in [4.78, 5) is 16.7. The van der Waals surface area contributed by atoms with Crippen LogP contribution in [0.25, 0.3) is 0 Å². The highest BCUT2D eigenvalue weighted by Crippen LogP contribution is 2.36. The summed E-state index contributed by atoms with van der Waals surface area (Å²) in [6.07, 6.45) is 5.28. The van der Waals surface area contributed by atoms with Crippen LogP contribution >= 0.6 is 0 Å². The number of anilines is 1. The van der Waals surface area contributed by atoms with Crippen LogP contribution < -0.4 is 5.32 Å². The quantitative estimate of drug-likeness (QED) is 0.771. The van der Waals surface area contributed by atoms with Gasteiger partial charge in [0.2, 0.25) is 6.29 Å². The number of hydrogen-bond donors (Lipinski definition) is 2. The molecule has 0 saturated heterocycles. The second kappa shape index (κ2) is 9.20. The number of ether oxygens (including phenoxy) is 2. The highest BCUT2D eigenvalue weighted by Gasteiger charge is 2.34. The molecule has 2 heterocycles. The molecule has 6 heteroatoms. The van der Waals surface area contributed by atoms with Crippen molar-refractivity contribution in [3.05, 3.63) is 71.8 Å². The number of rotatable bonds is 6. The van der Waals surface area contributed by atoms with Crippen LogP contribution in [0.4, 0.5) is 5.69 Å². The van der Waals surface area contributed by atoms with Crippen molar-refractivity contribution in [2.75, 3.05) is 5.32 Å². The first-order valence-electron chi connectivity index (χ1n) is 9.75. The molecule has 1 aromatic carbocycles. The Balaban J connectivity index is 1.68.